The molecule has 2 aromatic rings. The molecule has 0 aromatic carbocycles. The predicted octanol–water partition coefficient (Wildman–Crippen LogP) is 3.47. The SMILES string of the molecule is CC(C)(C)OC(=O)n1ccc2nccc(Cl)c21. The lowest BCUT2D eigenvalue weighted by Gasteiger charge is -2.19. The summed E-state index contributed by atoms with van der Waals surface area (Å²) in [6.45, 7) is 5.45. The number of hydrogen-bond donors (Lipinski definition) is 0. The number of nitrogens with zero attached hydrogens (tertiary/aromatic N) is 2. The van der Waals surface area contributed by atoms with Gasteiger partial charge in [0.15, 0.2) is 0 Å². The Kier molecular flexibility index (Phi) is 2.83. The van der Waals surface area contributed by atoms with Crippen molar-refractivity contribution < 1.29 is 9.53 Å². The molecule has 0 aliphatic carbocycles. The number of pyridine rings is 1. The van der Waals surface area contributed by atoms with Crippen LogP contribution in [0.4, 0.5) is 4.79 Å². The fraction of sp³-hybridized carbons (Fsp3) is 0.333. The third-order valence-corrected chi connectivity index (χ3v) is 2.42. The molecule has 0 fully saturated rings. The summed E-state index contributed by atoms with van der Waals surface area (Å²) in [7, 11) is 0. The molecule has 0 saturated heterocycles. The Morgan fingerprint density at radius 1 is 1.41 bits per heavy atom. The highest BCUT2D eigenvalue weighted by molar-refractivity contribution is 6.35. The zero-order chi connectivity index (χ0) is 12.6. The third kappa shape index (κ3) is 2.42. The number of carbonyl (C=O) groups excluding carboxylic acids is 1. The summed E-state index contributed by atoms with van der Waals surface area (Å²) in [5, 5.41) is 0.478. The van der Waals surface area contributed by atoms with Gasteiger partial charge in [-0.1, -0.05) is 11.6 Å². The molecule has 2 heterocycles. The van der Waals surface area contributed by atoms with Gasteiger partial charge in [-0.2, -0.15) is 0 Å². The third-order valence-electron chi connectivity index (χ3n) is 2.12. The summed E-state index contributed by atoms with van der Waals surface area (Å²) in [6.07, 6.45) is 2.75. The van der Waals surface area contributed by atoms with Crippen molar-refractivity contribution in [2.24, 2.45) is 0 Å². The normalized spacial score (nSPS) is 11.8. The second-order valence-electron chi connectivity index (χ2n) is 4.69. The molecule has 2 aromatic heterocycles. The number of hydrogen-bond acceptors (Lipinski definition) is 3. The van der Waals surface area contributed by atoms with Crippen LogP contribution in [0.5, 0.6) is 0 Å². The minimum atomic E-state index is -0.539. The van der Waals surface area contributed by atoms with Crippen LogP contribution in [0.2, 0.25) is 5.02 Å². The van der Waals surface area contributed by atoms with Gasteiger partial charge in [0.25, 0.3) is 0 Å². The van der Waals surface area contributed by atoms with Crippen LogP contribution in [0.25, 0.3) is 11.0 Å². The molecule has 0 spiro atoms. The van der Waals surface area contributed by atoms with Crippen LogP contribution < -0.4 is 0 Å². The highest BCUT2D eigenvalue weighted by atomic mass is 35.5. The van der Waals surface area contributed by atoms with Crippen molar-refractivity contribution in [2.75, 3.05) is 0 Å². The van der Waals surface area contributed by atoms with E-state index in [9.17, 15) is 4.79 Å². The van der Waals surface area contributed by atoms with Gasteiger partial charge in [0, 0.05) is 12.4 Å². The summed E-state index contributed by atoms with van der Waals surface area (Å²) < 4.78 is 6.65. The van der Waals surface area contributed by atoms with Crippen LogP contribution in [-0.2, 0) is 4.74 Å². The minimum absolute atomic E-state index is 0.456. The van der Waals surface area contributed by atoms with E-state index < -0.39 is 11.7 Å². The van der Waals surface area contributed by atoms with E-state index in [0.29, 0.717) is 16.1 Å². The number of ether oxygens (including phenoxy) is 1. The van der Waals surface area contributed by atoms with Gasteiger partial charge in [-0.05, 0) is 32.9 Å². The highest BCUT2D eigenvalue weighted by Crippen LogP contribution is 2.23. The van der Waals surface area contributed by atoms with E-state index in [0.717, 1.165) is 0 Å². The van der Waals surface area contributed by atoms with Gasteiger partial charge in [-0.25, -0.2) is 9.36 Å². The van der Waals surface area contributed by atoms with Crippen LogP contribution in [0.15, 0.2) is 24.5 Å². The molecule has 0 unspecified atom stereocenters. The molecule has 2 rings (SSSR count). The Labute approximate surface area is 104 Å². The molecule has 0 N–H and O–H groups in total. The van der Waals surface area contributed by atoms with Gasteiger partial charge in [0.1, 0.15) is 5.60 Å². The largest absolute Gasteiger partial charge is 0.443 e. The maximum Gasteiger partial charge on any atom is 0.419 e. The number of aromatic nitrogens is 2. The molecule has 17 heavy (non-hydrogen) atoms. The van der Waals surface area contributed by atoms with E-state index in [2.05, 4.69) is 4.98 Å². The molecule has 0 atom stereocenters. The fourth-order valence-corrected chi connectivity index (χ4v) is 1.73. The topological polar surface area (TPSA) is 44.1 Å². The summed E-state index contributed by atoms with van der Waals surface area (Å²) >= 11 is 6.05. The van der Waals surface area contributed by atoms with Crippen molar-refractivity contribution in [3.63, 3.8) is 0 Å². The van der Waals surface area contributed by atoms with Gasteiger partial charge in [0.05, 0.1) is 16.1 Å². The van der Waals surface area contributed by atoms with Crippen molar-refractivity contribution in [1.29, 1.82) is 0 Å². The molecule has 0 aliphatic rings. The first-order valence-electron chi connectivity index (χ1n) is 5.23. The summed E-state index contributed by atoms with van der Waals surface area (Å²) in [5.41, 5.74) is 0.703. The standard InChI is InChI=1S/C12H13ClN2O2/c1-12(2,3)17-11(16)15-7-5-9-10(15)8(13)4-6-14-9/h4-7H,1-3H3. The first kappa shape index (κ1) is 11.9. The molecule has 0 bridgehead atoms. The maximum atomic E-state index is 11.9. The van der Waals surface area contributed by atoms with Crippen molar-refractivity contribution in [1.82, 2.24) is 9.55 Å². The zero-order valence-electron chi connectivity index (χ0n) is 9.90. The average Bonchev–Trinajstić information content (AvgIpc) is 2.60. The lowest BCUT2D eigenvalue weighted by atomic mass is 10.2. The molecular formula is C12H13ClN2O2. The van der Waals surface area contributed by atoms with Crippen molar-refractivity contribution in [2.45, 2.75) is 26.4 Å². The minimum Gasteiger partial charge on any atom is -0.443 e. The van der Waals surface area contributed by atoms with Gasteiger partial charge in [0.2, 0.25) is 0 Å². The first-order chi connectivity index (χ1) is 7.88. The summed E-state index contributed by atoms with van der Waals surface area (Å²) in [4.78, 5) is 16.1. The van der Waals surface area contributed by atoms with Crippen molar-refractivity contribution >= 4 is 28.7 Å². The van der Waals surface area contributed by atoms with Crippen LogP contribution in [0.3, 0.4) is 0 Å². The van der Waals surface area contributed by atoms with Crippen LogP contribution in [0, 0.1) is 0 Å². The van der Waals surface area contributed by atoms with E-state index >= 15 is 0 Å². The molecule has 0 aliphatic heterocycles. The number of rotatable bonds is 0. The van der Waals surface area contributed by atoms with Gasteiger partial charge in [-0.15, -0.1) is 0 Å². The van der Waals surface area contributed by atoms with Crippen LogP contribution >= 0.6 is 11.6 Å². The quantitative estimate of drug-likeness (QED) is 0.721. The molecule has 90 valence electrons. The van der Waals surface area contributed by atoms with Gasteiger partial charge in [-0.3, -0.25) is 4.98 Å². The van der Waals surface area contributed by atoms with Crippen molar-refractivity contribution in [3.8, 4) is 0 Å². The molecular weight excluding hydrogens is 240 g/mol. The van der Waals surface area contributed by atoms with Crippen LogP contribution in [-0.4, -0.2) is 21.2 Å². The monoisotopic (exact) mass is 252 g/mol. The van der Waals surface area contributed by atoms with E-state index in [-0.39, 0.29) is 0 Å². The predicted molar refractivity (Wildman–Crippen MR) is 66.4 cm³/mol. The maximum absolute atomic E-state index is 11.9. The molecule has 0 amide bonds. The Morgan fingerprint density at radius 2 is 2.12 bits per heavy atom. The van der Waals surface area contributed by atoms with Gasteiger partial charge >= 0.3 is 6.09 Å². The Bertz CT molecular complexity index is 569. The number of fused-ring (bicyclic) bond motifs is 1. The molecule has 0 radical (unpaired) electrons. The van der Waals surface area contributed by atoms with E-state index in [1.165, 1.54) is 4.57 Å². The molecule has 4 nitrogen and oxygen atoms in total. The second-order valence-corrected chi connectivity index (χ2v) is 5.10. The smallest absolute Gasteiger partial charge is 0.419 e. The first-order valence-corrected chi connectivity index (χ1v) is 5.61. The van der Waals surface area contributed by atoms with Crippen molar-refractivity contribution in [3.05, 3.63) is 29.5 Å². The van der Waals surface area contributed by atoms with Gasteiger partial charge < -0.3 is 4.74 Å². The van der Waals surface area contributed by atoms with E-state index in [1.54, 1.807) is 24.5 Å². The van der Waals surface area contributed by atoms with E-state index in [1.807, 2.05) is 20.8 Å². The summed E-state index contributed by atoms with van der Waals surface area (Å²) in [6, 6.07) is 3.37. The zero-order valence-corrected chi connectivity index (χ0v) is 10.7. The molecule has 0 saturated carbocycles. The average molecular weight is 253 g/mol. The molecule has 5 heteroatoms. The summed E-state index contributed by atoms with van der Waals surface area (Å²) in [5.74, 6) is 0. The number of carbonyl (C=O) groups is 1. The Morgan fingerprint density at radius 3 is 2.76 bits per heavy atom. The Balaban J connectivity index is 2.46. The highest BCUT2D eigenvalue weighted by Gasteiger charge is 2.20. The van der Waals surface area contributed by atoms with Crippen LogP contribution in [0.1, 0.15) is 20.8 Å². The lowest BCUT2D eigenvalue weighted by molar-refractivity contribution is 0.0544. The lowest BCUT2D eigenvalue weighted by Crippen LogP contribution is -2.26. The van der Waals surface area contributed by atoms with E-state index in [4.69, 9.17) is 16.3 Å². The second kappa shape index (κ2) is 4.04. The number of halogens is 1. The Hall–Kier alpha value is -1.55. The fourth-order valence-electron chi connectivity index (χ4n) is 1.49.